The number of carbonyl (C=O) groups is 1. The van der Waals surface area contributed by atoms with Crippen molar-refractivity contribution in [2.75, 3.05) is 27.2 Å². The molecule has 0 spiro atoms. The smallest absolute Gasteiger partial charge is 0.319 e. The van der Waals surface area contributed by atoms with Crippen molar-refractivity contribution in [3.63, 3.8) is 0 Å². The van der Waals surface area contributed by atoms with Crippen molar-refractivity contribution in [1.29, 1.82) is 0 Å². The van der Waals surface area contributed by atoms with E-state index in [1.54, 1.807) is 22.2 Å². The molecular weight excluding hydrogens is 226 g/mol. The minimum atomic E-state index is 0.0949. The third-order valence-electron chi connectivity index (χ3n) is 2.99. The summed E-state index contributed by atoms with van der Waals surface area (Å²) in [6, 6.07) is 4.07. The van der Waals surface area contributed by atoms with E-state index < -0.39 is 0 Å². The Balaban J connectivity index is 2.35. The van der Waals surface area contributed by atoms with Gasteiger partial charge in [0.1, 0.15) is 0 Å². The van der Waals surface area contributed by atoms with Crippen LogP contribution in [0.15, 0.2) is 24.5 Å². The molecule has 1 rings (SSSR count). The number of hydrogen-bond donors (Lipinski definition) is 0. The molecule has 0 atom stereocenters. The molecule has 2 amide bonds. The summed E-state index contributed by atoms with van der Waals surface area (Å²) in [5.74, 6) is 0. The van der Waals surface area contributed by atoms with Gasteiger partial charge in [-0.2, -0.15) is 0 Å². The van der Waals surface area contributed by atoms with Gasteiger partial charge in [-0.25, -0.2) is 4.79 Å². The fraction of sp³-hybridized carbons (Fsp3) is 0.571. The first-order chi connectivity index (χ1) is 8.65. The van der Waals surface area contributed by atoms with Crippen molar-refractivity contribution in [3.8, 4) is 0 Å². The van der Waals surface area contributed by atoms with Gasteiger partial charge in [-0.15, -0.1) is 0 Å². The van der Waals surface area contributed by atoms with Gasteiger partial charge in [0, 0.05) is 39.6 Å². The quantitative estimate of drug-likeness (QED) is 0.776. The molecule has 0 bridgehead atoms. The lowest BCUT2D eigenvalue weighted by Crippen LogP contribution is -2.40. The third kappa shape index (κ3) is 4.73. The van der Waals surface area contributed by atoms with Crippen LogP contribution >= 0.6 is 0 Å². The van der Waals surface area contributed by atoms with Gasteiger partial charge in [0.25, 0.3) is 0 Å². The fourth-order valence-corrected chi connectivity index (χ4v) is 1.72. The Kier molecular flexibility index (Phi) is 6.19. The van der Waals surface area contributed by atoms with E-state index in [-0.39, 0.29) is 6.03 Å². The minimum absolute atomic E-state index is 0.0949. The fourth-order valence-electron chi connectivity index (χ4n) is 1.72. The highest BCUT2D eigenvalue weighted by molar-refractivity contribution is 5.73. The van der Waals surface area contributed by atoms with Crippen molar-refractivity contribution < 1.29 is 4.79 Å². The van der Waals surface area contributed by atoms with Crippen LogP contribution in [0, 0.1) is 0 Å². The first-order valence-electron chi connectivity index (χ1n) is 6.50. The SMILES string of the molecule is CCCCN(C)C(=O)N(C)CCc1ccncc1. The van der Waals surface area contributed by atoms with Crippen molar-refractivity contribution in [2.24, 2.45) is 0 Å². The highest BCUT2D eigenvalue weighted by Crippen LogP contribution is 2.02. The first-order valence-corrected chi connectivity index (χ1v) is 6.50. The second kappa shape index (κ2) is 7.69. The van der Waals surface area contributed by atoms with Gasteiger partial charge in [-0.1, -0.05) is 13.3 Å². The van der Waals surface area contributed by atoms with Crippen LogP contribution in [-0.4, -0.2) is 48.0 Å². The molecule has 1 aromatic rings. The van der Waals surface area contributed by atoms with Crippen LogP contribution in [-0.2, 0) is 6.42 Å². The Hall–Kier alpha value is -1.58. The molecule has 4 heteroatoms. The summed E-state index contributed by atoms with van der Waals surface area (Å²) < 4.78 is 0. The average Bonchev–Trinajstić information content (AvgIpc) is 2.42. The number of pyridine rings is 1. The molecule has 1 aromatic heterocycles. The van der Waals surface area contributed by atoms with E-state index in [2.05, 4.69) is 11.9 Å². The molecule has 0 saturated carbocycles. The second-order valence-electron chi connectivity index (χ2n) is 4.58. The third-order valence-corrected chi connectivity index (χ3v) is 2.99. The Morgan fingerprint density at radius 1 is 1.17 bits per heavy atom. The predicted octanol–water partition coefficient (Wildman–Crippen LogP) is 2.41. The number of likely N-dealkylation sites (N-methyl/N-ethyl adjacent to an activating group) is 1. The Morgan fingerprint density at radius 3 is 2.39 bits per heavy atom. The average molecular weight is 249 g/mol. The normalized spacial score (nSPS) is 10.2. The van der Waals surface area contributed by atoms with E-state index in [1.165, 1.54) is 5.56 Å². The number of amides is 2. The number of hydrogen-bond acceptors (Lipinski definition) is 2. The Bertz CT molecular complexity index is 353. The van der Waals surface area contributed by atoms with E-state index >= 15 is 0 Å². The molecule has 100 valence electrons. The molecule has 0 unspecified atom stereocenters. The zero-order chi connectivity index (χ0) is 13.4. The van der Waals surface area contributed by atoms with Crippen LogP contribution in [0.5, 0.6) is 0 Å². The molecule has 1 heterocycles. The maximum Gasteiger partial charge on any atom is 0.319 e. The van der Waals surface area contributed by atoms with Gasteiger partial charge in [0.15, 0.2) is 0 Å². The monoisotopic (exact) mass is 249 g/mol. The maximum atomic E-state index is 12.0. The van der Waals surface area contributed by atoms with Crippen LogP contribution in [0.4, 0.5) is 4.79 Å². The summed E-state index contributed by atoms with van der Waals surface area (Å²) >= 11 is 0. The molecule has 0 N–H and O–H groups in total. The zero-order valence-corrected chi connectivity index (χ0v) is 11.6. The first kappa shape index (κ1) is 14.5. The summed E-state index contributed by atoms with van der Waals surface area (Å²) in [6.45, 7) is 3.69. The molecule has 0 aliphatic rings. The molecule has 0 saturated heterocycles. The lowest BCUT2D eigenvalue weighted by Gasteiger charge is -2.24. The molecule has 0 fully saturated rings. The standard InChI is InChI=1S/C14H23N3O/c1-4-5-11-16(2)14(18)17(3)12-8-13-6-9-15-10-7-13/h6-7,9-10H,4-5,8,11-12H2,1-3H3. The van der Waals surface area contributed by atoms with Crippen molar-refractivity contribution in [3.05, 3.63) is 30.1 Å². The zero-order valence-electron chi connectivity index (χ0n) is 11.6. The topological polar surface area (TPSA) is 36.4 Å². The number of rotatable bonds is 6. The molecule has 0 aliphatic heterocycles. The Morgan fingerprint density at radius 2 is 1.78 bits per heavy atom. The van der Waals surface area contributed by atoms with Gasteiger partial charge >= 0.3 is 6.03 Å². The lowest BCUT2D eigenvalue weighted by molar-refractivity contribution is 0.173. The van der Waals surface area contributed by atoms with Crippen LogP contribution in [0.3, 0.4) is 0 Å². The van der Waals surface area contributed by atoms with Crippen LogP contribution in [0.1, 0.15) is 25.3 Å². The summed E-state index contributed by atoms with van der Waals surface area (Å²) in [4.78, 5) is 19.6. The largest absolute Gasteiger partial charge is 0.328 e. The van der Waals surface area contributed by atoms with Crippen molar-refractivity contribution in [2.45, 2.75) is 26.2 Å². The number of aromatic nitrogens is 1. The second-order valence-corrected chi connectivity index (χ2v) is 4.58. The summed E-state index contributed by atoms with van der Waals surface area (Å²) in [5, 5.41) is 0. The van der Waals surface area contributed by atoms with Crippen LogP contribution in [0.2, 0.25) is 0 Å². The predicted molar refractivity (Wildman–Crippen MR) is 73.5 cm³/mol. The molecule has 0 aliphatic carbocycles. The summed E-state index contributed by atoms with van der Waals surface area (Å²) in [5.41, 5.74) is 1.21. The molecule has 0 aromatic carbocycles. The van der Waals surface area contributed by atoms with Crippen LogP contribution in [0.25, 0.3) is 0 Å². The summed E-state index contributed by atoms with van der Waals surface area (Å²) in [7, 11) is 3.72. The van der Waals surface area contributed by atoms with Gasteiger partial charge in [0.2, 0.25) is 0 Å². The number of carbonyl (C=O) groups excluding carboxylic acids is 1. The highest BCUT2D eigenvalue weighted by Gasteiger charge is 2.12. The number of urea groups is 1. The summed E-state index contributed by atoms with van der Waals surface area (Å²) in [6.07, 6.45) is 6.60. The molecule has 18 heavy (non-hydrogen) atoms. The molecule has 4 nitrogen and oxygen atoms in total. The van der Waals surface area contributed by atoms with E-state index in [9.17, 15) is 4.79 Å². The Labute approximate surface area is 110 Å². The molecular formula is C14H23N3O. The van der Waals surface area contributed by atoms with Gasteiger partial charge < -0.3 is 9.80 Å². The van der Waals surface area contributed by atoms with E-state index in [1.807, 2.05) is 26.2 Å². The van der Waals surface area contributed by atoms with Gasteiger partial charge in [-0.05, 0) is 30.5 Å². The van der Waals surface area contributed by atoms with E-state index in [0.29, 0.717) is 0 Å². The van der Waals surface area contributed by atoms with Crippen molar-refractivity contribution >= 4 is 6.03 Å². The number of nitrogens with zero attached hydrogens (tertiary/aromatic N) is 3. The van der Waals surface area contributed by atoms with Crippen LogP contribution < -0.4 is 0 Å². The van der Waals surface area contributed by atoms with E-state index in [4.69, 9.17) is 0 Å². The lowest BCUT2D eigenvalue weighted by atomic mass is 10.2. The highest BCUT2D eigenvalue weighted by atomic mass is 16.2. The van der Waals surface area contributed by atoms with Gasteiger partial charge in [-0.3, -0.25) is 4.98 Å². The van der Waals surface area contributed by atoms with Gasteiger partial charge in [0.05, 0.1) is 0 Å². The molecule has 0 radical (unpaired) electrons. The number of unbranched alkanes of at least 4 members (excludes halogenated alkanes) is 1. The van der Waals surface area contributed by atoms with E-state index in [0.717, 1.165) is 32.4 Å². The minimum Gasteiger partial charge on any atom is -0.328 e. The maximum absolute atomic E-state index is 12.0. The van der Waals surface area contributed by atoms with Crippen molar-refractivity contribution in [1.82, 2.24) is 14.8 Å².